The minimum Gasteiger partial charge on any atom is -0.459 e. The minimum absolute atomic E-state index is 0.603. The summed E-state index contributed by atoms with van der Waals surface area (Å²) in [5.74, 6) is 1.01. The molecule has 0 fully saturated rings. The summed E-state index contributed by atoms with van der Waals surface area (Å²) < 4.78 is 7.03. The third-order valence-electron chi connectivity index (χ3n) is 11.3. The molecule has 1 aromatic heterocycles. The van der Waals surface area contributed by atoms with E-state index in [1.54, 1.807) is 0 Å². The van der Waals surface area contributed by atoms with Crippen molar-refractivity contribution in [3.05, 3.63) is 223 Å². The number of nitrogens with zero attached hydrogens (tertiary/aromatic N) is 1. The van der Waals surface area contributed by atoms with Gasteiger partial charge in [0.2, 0.25) is 0 Å². The largest absolute Gasteiger partial charge is 0.459 e. The summed E-state index contributed by atoms with van der Waals surface area (Å²) in [6.07, 6.45) is 0. The molecule has 2 heteroatoms. The molecule has 1 heterocycles. The Kier molecular flexibility index (Phi) is 6.50. The van der Waals surface area contributed by atoms with Crippen molar-refractivity contribution in [1.82, 2.24) is 0 Å². The van der Waals surface area contributed by atoms with Gasteiger partial charge in [-0.25, -0.2) is 0 Å². The fourth-order valence-electron chi connectivity index (χ4n) is 9.06. The molecule has 0 saturated heterocycles. The van der Waals surface area contributed by atoms with E-state index < -0.39 is 5.41 Å². The molecule has 0 amide bonds. The average molecular weight is 676 g/mol. The molecule has 248 valence electrons. The summed E-state index contributed by atoms with van der Waals surface area (Å²) in [6.45, 7) is 0. The van der Waals surface area contributed by atoms with Crippen LogP contribution < -0.4 is 4.90 Å². The Hall–Kier alpha value is -6.90. The van der Waals surface area contributed by atoms with Crippen molar-refractivity contribution in [1.29, 1.82) is 0 Å². The molecule has 1 atom stereocenters. The van der Waals surface area contributed by atoms with Crippen LogP contribution in [0.4, 0.5) is 17.1 Å². The summed E-state index contributed by atoms with van der Waals surface area (Å²) in [6, 6.07) is 72.4. The van der Waals surface area contributed by atoms with Crippen LogP contribution in [0.3, 0.4) is 0 Å². The maximum absolute atomic E-state index is 7.03. The Bertz CT molecular complexity index is 2830. The first-order valence-electron chi connectivity index (χ1n) is 18.3. The first kappa shape index (κ1) is 29.8. The lowest BCUT2D eigenvalue weighted by Crippen LogP contribution is -2.26. The maximum atomic E-state index is 7.03. The first-order chi connectivity index (χ1) is 26.3. The molecule has 53 heavy (non-hydrogen) atoms. The topological polar surface area (TPSA) is 16.4 Å². The molecule has 2 nitrogen and oxygen atoms in total. The fourth-order valence-corrected chi connectivity index (χ4v) is 9.06. The van der Waals surface area contributed by atoms with E-state index in [1.165, 1.54) is 61.2 Å². The van der Waals surface area contributed by atoms with Crippen LogP contribution in [0.25, 0.3) is 55.5 Å². The number of hydrogen-bond acceptors (Lipinski definition) is 2. The van der Waals surface area contributed by atoms with Gasteiger partial charge in [0.25, 0.3) is 0 Å². The van der Waals surface area contributed by atoms with E-state index >= 15 is 0 Å². The molecule has 11 rings (SSSR count). The van der Waals surface area contributed by atoms with Crippen LogP contribution in [0.15, 0.2) is 205 Å². The molecule has 2 aliphatic rings. The van der Waals surface area contributed by atoms with E-state index in [-0.39, 0.29) is 0 Å². The van der Waals surface area contributed by atoms with Gasteiger partial charge in [0.1, 0.15) is 16.8 Å². The van der Waals surface area contributed by atoms with Gasteiger partial charge >= 0.3 is 0 Å². The van der Waals surface area contributed by atoms with Crippen molar-refractivity contribution in [3.8, 4) is 44.5 Å². The van der Waals surface area contributed by atoms with Crippen molar-refractivity contribution in [3.63, 3.8) is 0 Å². The van der Waals surface area contributed by atoms with Gasteiger partial charge in [0.05, 0.1) is 5.69 Å². The molecule has 2 aliphatic carbocycles. The zero-order valence-electron chi connectivity index (χ0n) is 28.9. The molecule has 0 saturated carbocycles. The Morgan fingerprint density at radius 2 is 0.925 bits per heavy atom. The van der Waals surface area contributed by atoms with Gasteiger partial charge in [-0.15, -0.1) is 0 Å². The van der Waals surface area contributed by atoms with Crippen molar-refractivity contribution in [2.24, 2.45) is 0 Å². The van der Waals surface area contributed by atoms with Crippen LogP contribution in [-0.4, -0.2) is 0 Å². The molecule has 0 aliphatic heterocycles. The minimum atomic E-state index is -0.603. The summed E-state index contributed by atoms with van der Waals surface area (Å²) in [4.78, 5) is 2.43. The Balaban J connectivity index is 1.18. The van der Waals surface area contributed by atoms with Crippen LogP contribution in [0, 0.1) is 0 Å². The predicted octanol–water partition coefficient (Wildman–Crippen LogP) is 13.6. The van der Waals surface area contributed by atoms with Crippen LogP contribution in [-0.2, 0) is 5.41 Å². The SMILES string of the molecule is c1ccc(-c2ccc(N(c3ccc4c(c3)C3(c5ccccc5-4)c4ccccc4-c4c3oc3ccccc43)c3ccccc3-c3ccccc3)cc2)cc1. The van der Waals surface area contributed by atoms with Gasteiger partial charge in [0.15, 0.2) is 0 Å². The van der Waals surface area contributed by atoms with Crippen LogP contribution in [0.2, 0.25) is 0 Å². The van der Waals surface area contributed by atoms with Gasteiger partial charge in [-0.1, -0.05) is 164 Å². The van der Waals surface area contributed by atoms with Gasteiger partial charge in [-0.3, -0.25) is 0 Å². The average Bonchev–Trinajstić information content (AvgIpc) is 3.86. The number of para-hydroxylation sites is 2. The number of rotatable bonds is 5. The highest BCUT2D eigenvalue weighted by molar-refractivity contribution is 6.05. The van der Waals surface area contributed by atoms with E-state index in [2.05, 4.69) is 205 Å². The predicted molar refractivity (Wildman–Crippen MR) is 218 cm³/mol. The maximum Gasteiger partial charge on any atom is 0.135 e. The standard InChI is InChI=1S/C51H33NO/c1-3-15-34(16-4-1)35-27-29-37(30-28-35)52(47-25-13-9-19-39(47)36-17-5-2-6-18-36)38-31-32-41-40-20-7-11-23-44(40)51(46(41)33-38)45-24-12-8-21-42(45)49-43-22-10-14-26-48(43)53-50(49)51/h1-33H. The van der Waals surface area contributed by atoms with E-state index in [9.17, 15) is 0 Å². The molecular formula is C51H33NO. The lowest BCUT2D eigenvalue weighted by Gasteiger charge is -2.31. The van der Waals surface area contributed by atoms with Crippen molar-refractivity contribution in [2.75, 3.05) is 4.90 Å². The summed E-state index contributed by atoms with van der Waals surface area (Å²) in [5.41, 5.74) is 17.1. The third-order valence-corrected chi connectivity index (χ3v) is 11.3. The molecule has 1 unspecified atom stereocenters. The van der Waals surface area contributed by atoms with Crippen molar-refractivity contribution in [2.45, 2.75) is 5.41 Å². The van der Waals surface area contributed by atoms with E-state index in [4.69, 9.17) is 4.42 Å². The highest BCUT2D eigenvalue weighted by atomic mass is 16.3. The second-order valence-corrected chi connectivity index (χ2v) is 14.0. The summed E-state index contributed by atoms with van der Waals surface area (Å²) in [5, 5.41) is 1.16. The lowest BCUT2D eigenvalue weighted by molar-refractivity contribution is 0.507. The second kappa shape index (κ2) is 11.6. The number of benzene rings is 8. The van der Waals surface area contributed by atoms with Crippen molar-refractivity contribution < 1.29 is 4.42 Å². The summed E-state index contributed by atoms with van der Waals surface area (Å²) in [7, 11) is 0. The number of furan rings is 1. The first-order valence-corrected chi connectivity index (χ1v) is 18.3. The van der Waals surface area contributed by atoms with E-state index in [1.807, 2.05) is 0 Å². The molecule has 1 spiro atoms. The molecule has 9 aromatic rings. The van der Waals surface area contributed by atoms with Crippen LogP contribution in [0.5, 0.6) is 0 Å². The van der Waals surface area contributed by atoms with Gasteiger partial charge in [0, 0.05) is 27.9 Å². The molecule has 0 radical (unpaired) electrons. The highest BCUT2D eigenvalue weighted by Crippen LogP contribution is 2.65. The summed E-state index contributed by atoms with van der Waals surface area (Å²) >= 11 is 0. The molecule has 0 N–H and O–H groups in total. The Morgan fingerprint density at radius 1 is 0.377 bits per heavy atom. The fraction of sp³-hybridized carbons (Fsp3) is 0.0196. The Morgan fingerprint density at radius 3 is 1.70 bits per heavy atom. The molecule has 8 aromatic carbocycles. The third kappa shape index (κ3) is 4.27. The zero-order valence-corrected chi connectivity index (χ0v) is 28.9. The zero-order chi connectivity index (χ0) is 34.9. The smallest absolute Gasteiger partial charge is 0.135 e. The van der Waals surface area contributed by atoms with E-state index in [0.29, 0.717) is 0 Å². The van der Waals surface area contributed by atoms with Gasteiger partial charge < -0.3 is 9.32 Å². The monoisotopic (exact) mass is 675 g/mol. The normalized spacial score (nSPS) is 14.9. The highest BCUT2D eigenvalue weighted by Gasteiger charge is 2.55. The van der Waals surface area contributed by atoms with Gasteiger partial charge in [-0.2, -0.15) is 0 Å². The van der Waals surface area contributed by atoms with Crippen LogP contribution >= 0.6 is 0 Å². The quantitative estimate of drug-likeness (QED) is 0.181. The molecular weight excluding hydrogens is 643 g/mol. The second-order valence-electron chi connectivity index (χ2n) is 14.0. The number of hydrogen-bond donors (Lipinski definition) is 0. The number of fused-ring (bicyclic) bond motifs is 12. The molecule has 0 bridgehead atoms. The van der Waals surface area contributed by atoms with Crippen LogP contribution in [0.1, 0.15) is 22.5 Å². The number of anilines is 3. The van der Waals surface area contributed by atoms with Crippen molar-refractivity contribution >= 4 is 28.0 Å². The Labute approximate surface area is 308 Å². The van der Waals surface area contributed by atoms with E-state index in [0.717, 1.165) is 33.8 Å². The lowest BCUT2D eigenvalue weighted by atomic mass is 9.73. The van der Waals surface area contributed by atoms with Gasteiger partial charge in [-0.05, 0) is 86.5 Å².